The molecule has 1 nitrogen and oxygen atoms in total. The summed E-state index contributed by atoms with van der Waals surface area (Å²) >= 11 is 0. The maximum Gasteiger partial charge on any atom is 0.0173 e. The van der Waals surface area contributed by atoms with Gasteiger partial charge < -0.3 is 5.32 Å². The first-order valence-corrected chi connectivity index (χ1v) is 5.91. The third kappa shape index (κ3) is 2.23. The highest BCUT2D eigenvalue weighted by atomic mass is 14.9. The first-order valence-electron chi connectivity index (χ1n) is 5.91. The van der Waals surface area contributed by atoms with Gasteiger partial charge >= 0.3 is 0 Å². The second kappa shape index (κ2) is 4.36. The highest BCUT2D eigenvalue weighted by Crippen LogP contribution is 2.33. The van der Waals surface area contributed by atoms with Crippen molar-refractivity contribution in [1.29, 1.82) is 0 Å². The summed E-state index contributed by atoms with van der Waals surface area (Å²) in [4.78, 5) is 0. The van der Waals surface area contributed by atoms with Crippen molar-refractivity contribution in [3.63, 3.8) is 0 Å². The lowest BCUT2D eigenvalue weighted by atomic mass is 9.79. The lowest BCUT2D eigenvalue weighted by Crippen LogP contribution is -2.29. The van der Waals surface area contributed by atoms with Crippen LogP contribution >= 0.6 is 0 Å². The van der Waals surface area contributed by atoms with Gasteiger partial charge in [-0.15, -0.1) is 0 Å². The van der Waals surface area contributed by atoms with Crippen molar-refractivity contribution in [3.8, 4) is 0 Å². The molecule has 0 fully saturated rings. The molecule has 2 rings (SSSR count). The molecular formula is C14H21N. The summed E-state index contributed by atoms with van der Waals surface area (Å²) in [6, 6.07) is 0. The van der Waals surface area contributed by atoms with E-state index in [-0.39, 0.29) is 0 Å². The minimum absolute atomic E-state index is 0.669. The van der Waals surface area contributed by atoms with Crippen LogP contribution in [0.15, 0.2) is 34.4 Å². The molecule has 0 bridgehead atoms. The lowest BCUT2D eigenvalue weighted by Gasteiger charge is -2.29. The zero-order valence-corrected chi connectivity index (χ0v) is 10.1. The first-order chi connectivity index (χ1) is 7.18. The van der Waals surface area contributed by atoms with Crippen LogP contribution in [0.2, 0.25) is 0 Å². The van der Waals surface area contributed by atoms with Crippen molar-refractivity contribution < 1.29 is 0 Å². The summed E-state index contributed by atoms with van der Waals surface area (Å²) in [6.07, 6.45) is 6.99. The number of allylic oxidation sites excluding steroid dienone is 4. The zero-order valence-electron chi connectivity index (χ0n) is 10.1. The molecule has 0 saturated carbocycles. The molecule has 1 unspecified atom stereocenters. The van der Waals surface area contributed by atoms with Crippen LogP contribution in [-0.2, 0) is 0 Å². The van der Waals surface area contributed by atoms with Gasteiger partial charge in [-0.3, -0.25) is 0 Å². The third-order valence-electron chi connectivity index (χ3n) is 3.67. The van der Waals surface area contributed by atoms with Crippen molar-refractivity contribution in [2.75, 3.05) is 13.1 Å². The van der Waals surface area contributed by atoms with Gasteiger partial charge in [-0.1, -0.05) is 28.9 Å². The van der Waals surface area contributed by atoms with Crippen LogP contribution in [0.1, 0.15) is 33.6 Å². The summed E-state index contributed by atoms with van der Waals surface area (Å²) < 4.78 is 0. The smallest absolute Gasteiger partial charge is 0.0173 e. The second-order valence-electron chi connectivity index (χ2n) is 4.91. The molecule has 1 aliphatic heterocycles. The minimum atomic E-state index is 0.669. The van der Waals surface area contributed by atoms with Gasteiger partial charge in [0.1, 0.15) is 0 Å². The average Bonchev–Trinajstić information content (AvgIpc) is 2.23. The predicted octanol–water partition coefficient (Wildman–Crippen LogP) is 3.21. The highest BCUT2D eigenvalue weighted by Gasteiger charge is 2.22. The van der Waals surface area contributed by atoms with Crippen LogP contribution in [0.3, 0.4) is 0 Å². The van der Waals surface area contributed by atoms with Gasteiger partial charge in [-0.05, 0) is 45.7 Å². The summed E-state index contributed by atoms with van der Waals surface area (Å²) in [5, 5.41) is 3.49. The van der Waals surface area contributed by atoms with E-state index in [0.29, 0.717) is 5.92 Å². The van der Waals surface area contributed by atoms with E-state index in [1.165, 1.54) is 24.0 Å². The number of nitrogens with one attached hydrogen (secondary N) is 1. The van der Waals surface area contributed by atoms with Gasteiger partial charge in [0.25, 0.3) is 0 Å². The van der Waals surface area contributed by atoms with E-state index in [4.69, 9.17) is 0 Å². The Morgan fingerprint density at radius 3 is 2.73 bits per heavy atom. The average molecular weight is 203 g/mol. The van der Waals surface area contributed by atoms with Gasteiger partial charge in [0, 0.05) is 12.5 Å². The van der Waals surface area contributed by atoms with E-state index >= 15 is 0 Å². The third-order valence-corrected chi connectivity index (χ3v) is 3.67. The molecule has 15 heavy (non-hydrogen) atoms. The predicted molar refractivity (Wildman–Crippen MR) is 65.8 cm³/mol. The number of hydrogen-bond donors (Lipinski definition) is 1. The monoisotopic (exact) mass is 203 g/mol. The fourth-order valence-corrected chi connectivity index (χ4v) is 2.57. The number of hydrogen-bond acceptors (Lipinski definition) is 1. The van der Waals surface area contributed by atoms with Crippen LogP contribution < -0.4 is 5.32 Å². The molecule has 1 heterocycles. The van der Waals surface area contributed by atoms with Crippen molar-refractivity contribution in [3.05, 3.63) is 34.4 Å². The normalized spacial score (nSPS) is 27.5. The summed E-state index contributed by atoms with van der Waals surface area (Å²) in [5.74, 6) is 0.669. The van der Waals surface area contributed by atoms with Crippen LogP contribution in [0.5, 0.6) is 0 Å². The molecule has 0 saturated heterocycles. The van der Waals surface area contributed by atoms with Crippen molar-refractivity contribution in [1.82, 2.24) is 5.32 Å². The van der Waals surface area contributed by atoms with E-state index in [0.717, 1.165) is 13.1 Å². The summed E-state index contributed by atoms with van der Waals surface area (Å²) in [6.45, 7) is 9.05. The Bertz CT molecular complexity index is 344. The molecule has 0 amide bonds. The molecule has 0 aromatic rings. The SMILES string of the molecule is CC1=CC=C(C)C(C2=C(C)CCNC2)C1. The molecule has 0 spiro atoms. The summed E-state index contributed by atoms with van der Waals surface area (Å²) in [5.41, 5.74) is 6.29. The van der Waals surface area contributed by atoms with E-state index < -0.39 is 0 Å². The van der Waals surface area contributed by atoms with Crippen LogP contribution in [0.4, 0.5) is 0 Å². The summed E-state index contributed by atoms with van der Waals surface area (Å²) in [7, 11) is 0. The van der Waals surface area contributed by atoms with Gasteiger partial charge in [0.15, 0.2) is 0 Å². The molecular weight excluding hydrogens is 182 g/mol. The molecule has 1 heteroatoms. The quantitative estimate of drug-likeness (QED) is 0.645. The molecule has 1 N–H and O–H groups in total. The van der Waals surface area contributed by atoms with Gasteiger partial charge in [-0.25, -0.2) is 0 Å². The van der Waals surface area contributed by atoms with Crippen molar-refractivity contribution in [2.24, 2.45) is 5.92 Å². The molecule has 2 aliphatic rings. The highest BCUT2D eigenvalue weighted by molar-refractivity contribution is 5.34. The van der Waals surface area contributed by atoms with Gasteiger partial charge in [0.2, 0.25) is 0 Å². The molecule has 82 valence electrons. The molecule has 1 atom stereocenters. The Kier molecular flexibility index (Phi) is 3.11. The maximum absolute atomic E-state index is 3.49. The molecule has 0 radical (unpaired) electrons. The van der Waals surface area contributed by atoms with Crippen LogP contribution in [0.25, 0.3) is 0 Å². The van der Waals surface area contributed by atoms with E-state index in [1.54, 1.807) is 11.1 Å². The Hall–Kier alpha value is -0.820. The fourth-order valence-electron chi connectivity index (χ4n) is 2.57. The Labute approximate surface area is 93.0 Å². The number of rotatable bonds is 1. The van der Waals surface area contributed by atoms with E-state index in [1.807, 2.05) is 0 Å². The zero-order chi connectivity index (χ0) is 10.8. The Balaban J connectivity index is 2.24. The van der Waals surface area contributed by atoms with Crippen LogP contribution in [0, 0.1) is 5.92 Å². The first kappa shape index (κ1) is 10.7. The van der Waals surface area contributed by atoms with E-state index in [2.05, 4.69) is 38.2 Å². The Morgan fingerprint density at radius 2 is 2.00 bits per heavy atom. The molecule has 0 aromatic heterocycles. The fraction of sp³-hybridized carbons (Fsp3) is 0.571. The lowest BCUT2D eigenvalue weighted by molar-refractivity contribution is 0.584. The Morgan fingerprint density at radius 1 is 1.20 bits per heavy atom. The van der Waals surface area contributed by atoms with E-state index in [9.17, 15) is 0 Å². The van der Waals surface area contributed by atoms with Crippen LogP contribution in [-0.4, -0.2) is 13.1 Å². The second-order valence-corrected chi connectivity index (χ2v) is 4.91. The van der Waals surface area contributed by atoms with Crippen molar-refractivity contribution >= 4 is 0 Å². The standard InChI is InChI=1S/C14H21N/c1-10-4-5-11(2)13(8-10)14-9-15-7-6-12(14)3/h4-5,13,15H,6-9H2,1-3H3. The molecule has 1 aliphatic carbocycles. The maximum atomic E-state index is 3.49. The van der Waals surface area contributed by atoms with Crippen molar-refractivity contribution in [2.45, 2.75) is 33.6 Å². The minimum Gasteiger partial charge on any atom is -0.313 e. The largest absolute Gasteiger partial charge is 0.313 e. The van der Waals surface area contributed by atoms with Gasteiger partial charge in [-0.2, -0.15) is 0 Å². The van der Waals surface area contributed by atoms with Gasteiger partial charge in [0.05, 0.1) is 0 Å². The molecule has 0 aromatic carbocycles. The topological polar surface area (TPSA) is 12.0 Å².